The summed E-state index contributed by atoms with van der Waals surface area (Å²) in [4.78, 5) is 15.2. The minimum atomic E-state index is -0.433. The molecule has 4 aromatic rings. The third kappa shape index (κ3) is 4.40. The third-order valence-corrected chi connectivity index (χ3v) is 7.63. The predicted octanol–water partition coefficient (Wildman–Crippen LogP) is 4.93. The van der Waals surface area contributed by atoms with E-state index in [2.05, 4.69) is 15.1 Å². The molecule has 176 valence electrons. The summed E-state index contributed by atoms with van der Waals surface area (Å²) in [7, 11) is 0. The summed E-state index contributed by atoms with van der Waals surface area (Å²) in [6, 6.07) is 14.8. The van der Waals surface area contributed by atoms with E-state index in [-0.39, 0.29) is 12.4 Å². The lowest BCUT2D eigenvalue weighted by atomic mass is 10.1. The molecule has 2 aromatic carbocycles. The molecule has 0 radical (unpaired) electrons. The number of thiophene rings is 1. The van der Waals surface area contributed by atoms with Crippen molar-refractivity contribution in [2.45, 2.75) is 17.8 Å². The van der Waals surface area contributed by atoms with Crippen molar-refractivity contribution in [1.82, 2.24) is 14.8 Å². The summed E-state index contributed by atoms with van der Waals surface area (Å²) in [5.74, 6) is 0.308. The molecule has 0 atom stereocenters. The number of morpholine rings is 1. The van der Waals surface area contributed by atoms with Gasteiger partial charge >= 0.3 is 5.97 Å². The molecular weight excluding hydrogens is 475 g/mol. The monoisotopic (exact) mass is 498 g/mol. The Kier molecular flexibility index (Phi) is 6.80. The van der Waals surface area contributed by atoms with Gasteiger partial charge in [0.1, 0.15) is 10.7 Å². The number of aromatic nitrogens is 3. The number of benzene rings is 2. The average Bonchev–Trinajstić information content (AvgIpc) is 3.46. The second kappa shape index (κ2) is 10.1. The number of para-hydroxylation sites is 1. The molecule has 0 bridgehead atoms. The van der Waals surface area contributed by atoms with Crippen LogP contribution >= 0.6 is 23.1 Å². The van der Waals surface area contributed by atoms with Gasteiger partial charge in [0.15, 0.2) is 5.16 Å². The summed E-state index contributed by atoms with van der Waals surface area (Å²) in [5.41, 5.74) is 1.56. The van der Waals surface area contributed by atoms with E-state index in [1.54, 1.807) is 13.0 Å². The fraction of sp³-hybridized carbons (Fsp3) is 0.292. The first-order chi connectivity index (χ1) is 16.7. The Morgan fingerprint density at radius 3 is 2.71 bits per heavy atom. The highest BCUT2D eigenvalue weighted by Crippen LogP contribution is 2.38. The maximum absolute atomic E-state index is 14.8. The van der Waals surface area contributed by atoms with Gasteiger partial charge in [0, 0.05) is 28.9 Å². The lowest BCUT2D eigenvalue weighted by Crippen LogP contribution is -2.37. The SMILES string of the molecule is CCOC(=O)c1sc2cccc(F)c2c1CSc1nnc(N2CCOCC2)n1-c1ccccc1. The van der Waals surface area contributed by atoms with Crippen molar-refractivity contribution in [3.8, 4) is 5.69 Å². The summed E-state index contributed by atoms with van der Waals surface area (Å²) >= 11 is 2.68. The van der Waals surface area contributed by atoms with Crippen LogP contribution in [0, 0.1) is 5.82 Å². The van der Waals surface area contributed by atoms with E-state index in [0.29, 0.717) is 39.9 Å². The summed E-state index contributed by atoms with van der Waals surface area (Å²) in [6.45, 7) is 4.73. The molecule has 0 N–H and O–H groups in total. The number of hydrogen-bond acceptors (Lipinski definition) is 8. The van der Waals surface area contributed by atoms with Crippen molar-refractivity contribution < 1.29 is 18.7 Å². The fourth-order valence-corrected chi connectivity index (χ4v) is 6.13. The first-order valence-electron chi connectivity index (χ1n) is 11.0. The van der Waals surface area contributed by atoms with Gasteiger partial charge in [0.25, 0.3) is 0 Å². The highest BCUT2D eigenvalue weighted by molar-refractivity contribution is 7.98. The number of halogens is 1. The number of fused-ring (bicyclic) bond motifs is 1. The molecule has 0 unspecified atom stereocenters. The number of carbonyl (C=O) groups excluding carboxylic acids is 1. The Labute approximate surface area is 204 Å². The molecule has 1 saturated heterocycles. The second-order valence-corrected chi connectivity index (χ2v) is 9.58. The van der Waals surface area contributed by atoms with Crippen LogP contribution < -0.4 is 4.90 Å². The number of ether oxygens (including phenoxy) is 2. The molecule has 5 rings (SSSR count). The highest BCUT2D eigenvalue weighted by atomic mass is 32.2. The molecule has 2 aromatic heterocycles. The maximum atomic E-state index is 14.8. The quantitative estimate of drug-likeness (QED) is 0.264. The van der Waals surface area contributed by atoms with E-state index in [9.17, 15) is 9.18 Å². The van der Waals surface area contributed by atoms with Crippen molar-refractivity contribution in [1.29, 1.82) is 0 Å². The van der Waals surface area contributed by atoms with Crippen LogP contribution in [0.3, 0.4) is 0 Å². The number of esters is 1. The number of hydrogen-bond donors (Lipinski definition) is 0. The first-order valence-corrected chi connectivity index (χ1v) is 12.8. The van der Waals surface area contributed by atoms with Gasteiger partial charge in [0.05, 0.1) is 25.5 Å². The van der Waals surface area contributed by atoms with Gasteiger partial charge in [-0.15, -0.1) is 21.5 Å². The van der Waals surface area contributed by atoms with E-state index in [1.165, 1.54) is 29.2 Å². The second-order valence-electron chi connectivity index (χ2n) is 7.58. The molecule has 34 heavy (non-hydrogen) atoms. The van der Waals surface area contributed by atoms with Crippen LogP contribution in [0.5, 0.6) is 0 Å². The van der Waals surface area contributed by atoms with Crippen LogP contribution in [0.1, 0.15) is 22.2 Å². The number of rotatable bonds is 7. The Morgan fingerprint density at radius 1 is 1.15 bits per heavy atom. The zero-order valence-electron chi connectivity index (χ0n) is 18.6. The van der Waals surface area contributed by atoms with Gasteiger partial charge in [-0.25, -0.2) is 9.18 Å². The summed E-state index contributed by atoms with van der Waals surface area (Å²) in [6.07, 6.45) is 0. The molecule has 3 heterocycles. The molecular formula is C24H23FN4O3S2. The molecule has 0 saturated carbocycles. The van der Waals surface area contributed by atoms with Crippen molar-refractivity contribution in [3.05, 3.63) is 64.8 Å². The van der Waals surface area contributed by atoms with Crippen LogP contribution in [-0.4, -0.2) is 53.6 Å². The van der Waals surface area contributed by atoms with E-state index >= 15 is 0 Å². The lowest BCUT2D eigenvalue weighted by molar-refractivity contribution is 0.0531. The first kappa shape index (κ1) is 22.8. The molecule has 7 nitrogen and oxygen atoms in total. The minimum Gasteiger partial charge on any atom is -0.462 e. The maximum Gasteiger partial charge on any atom is 0.348 e. The Morgan fingerprint density at radius 2 is 1.94 bits per heavy atom. The van der Waals surface area contributed by atoms with Crippen LogP contribution in [0.15, 0.2) is 53.7 Å². The zero-order chi connectivity index (χ0) is 23.5. The van der Waals surface area contributed by atoms with E-state index in [0.717, 1.165) is 29.4 Å². The lowest BCUT2D eigenvalue weighted by Gasteiger charge is -2.27. The summed E-state index contributed by atoms with van der Waals surface area (Å²) in [5, 5.41) is 10.1. The van der Waals surface area contributed by atoms with Gasteiger partial charge < -0.3 is 14.4 Å². The van der Waals surface area contributed by atoms with E-state index in [4.69, 9.17) is 9.47 Å². The number of carbonyl (C=O) groups is 1. The Balaban J connectivity index is 1.53. The largest absolute Gasteiger partial charge is 0.462 e. The van der Waals surface area contributed by atoms with Crippen LogP contribution in [0.2, 0.25) is 0 Å². The van der Waals surface area contributed by atoms with Crippen molar-refractivity contribution in [2.75, 3.05) is 37.8 Å². The number of anilines is 1. The van der Waals surface area contributed by atoms with Gasteiger partial charge in [-0.3, -0.25) is 4.57 Å². The Bertz CT molecular complexity index is 1300. The van der Waals surface area contributed by atoms with Gasteiger partial charge in [-0.1, -0.05) is 36.0 Å². The van der Waals surface area contributed by atoms with Crippen molar-refractivity contribution in [2.24, 2.45) is 0 Å². The summed E-state index contributed by atoms with van der Waals surface area (Å²) < 4.78 is 28.3. The molecule has 10 heteroatoms. The number of nitrogens with zero attached hydrogens (tertiary/aromatic N) is 4. The smallest absolute Gasteiger partial charge is 0.348 e. The van der Waals surface area contributed by atoms with E-state index in [1.807, 2.05) is 41.0 Å². The predicted molar refractivity (Wildman–Crippen MR) is 132 cm³/mol. The van der Waals surface area contributed by atoms with Crippen molar-refractivity contribution in [3.63, 3.8) is 0 Å². The molecule has 1 aliphatic heterocycles. The molecule has 1 fully saturated rings. The standard InChI is InChI=1S/C24H23FN4O3S2/c1-2-32-22(30)21-17(20-18(25)9-6-10-19(20)34-21)15-33-24-27-26-23(28-11-13-31-14-12-28)29(24)16-7-4-3-5-8-16/h3-10H,2,11-15H2,1H3. The van der Waals surface area contributed by atoms with Gasteiger partial charge in [0.2, 0.25) is 5.95 Å². The zero-order valence-corrected chi connectivity index (χ0v) is 20.2. The number of thioether (sulfide) groups is 1. The fourth-order valence-electron chi connectivity index (χ4n) is 3.93. The Hall–Kier alpha value is -2.95. The highest BCUT2D eigenvalue weighted by Gasteiger charge is 2.25. The molecule has 0 amide bonds. The minimum absolute atomic E-state index is 0.257. The molecule has 1 aliphatic rings. The third-order valence-electron chi connectivity index (χ3n) is 5.49. The van der Waals surface area contributed by atoms with Crippen LogP contribution in [0.4, 0.5) is 10.3 Å². The van der Waals surface area contributed by atoms with Gasteiger partial charge in [-0.2, -0.15) is 0 Å². The topological polar surface area (TPSA) is 69.5 Å². The molecule has 0 aliphatic carbocycles. The van der Waals surface area contributed by atoms with Crippen LogP contribution in [-0.2, 0) is 15.2 Å². The van der Waals surface area contributed by atoms with Gasteiger partial charge in [-0.05, 0) is 36.8 Å². The van der Waals surface area contributed by atoms with Crippen LogP contribution in [0.25, 0.3) is 15.8 Å². The molecule has 0 spiro atoms. The normalized spacial score (nSPS) is 14.0. The van der Waals surface area contributed by atoms with Crippen molar-refractivity contribution >= 4 is 45.1 Å². The van der Waals surface area contributed by atoms with E-state index < -0.39 is 5.97 Å². The average molecular weight is 499 g/mol.